The van der Waals surface area contributed by atoms with Crippen molar-refractivity contribution < 1.29 is 13.9 Å². The molecule has 0 fully saturated rings. The third-order valence-corrected chi connectivity index (χ3v) is 2.33. The van der Waals surface area contributed by atoms with Crippen LogP contribution in [0.4, 0.5) is 15.9 Å². The fourth-order valence-corrected chi connectivity index (χ4v) is 1.50. The van der Waals surface area contributed by atoms with Gasteiger partial charge in [-0.25, -0.2) is 4.39 Å². The van der Waals surface area contributed by atoms with Gasteiger partial charge in [0, 0.05) is 17.8 Å². The lowest BCUT2D eigenvalue weighted by atomic mass is 10.2. The number of halogens is 1. The first-order chi connectivity index (χ1) is 9.10. The molecule has 0 aliphatic rings. The number of rotatable bonds is 4. The Bertz CT molecular complexity index is 597. The summed E-state index contributed by atoms with van der Waals surface area (Å²) in [7, 11) is 0. The quantitative estimate of drug-likeness (QED) is 0.784. The predicted octanol–water partition coefficient (Wildman–Crippen LogP) is 1.78. The zero-order valence-electron chi connectivity index (χ0n) is 10.2. The number of nitrogens with one attached hydrogen (secondary N) is 2. The van der Waals surface area contributed by atoms with Gasteiger partial charge in [-0.3, -0.25) is 9.89 Å². The summed E-state index contributed by atoms with van der Waals surface area (Å²) >= 11 is 0. The molecule has 0 radical (unpaired) electrons. The van der Waals surface area contributed by atoms with Crippen LogP contribution in [0.1, 0.15) is 17.4 Å². The minimum absolute atomic E-state index is 0.145. The second kappa shape index (κ2) is 5.38. The molecule has 1 heterocycles. The maximum atomic E-state index is 13.6. The maximum absolute atomic E-state index is 13.6. The molecule has 6 nitrogen and oxygen atoms in total. The third-order valence-electron chi connectivity index (χ3n) is 2.33. The van der Waals surface area contributed by atoms with Crippen LogP contribution in [0.25, 0.3) is 0 Å². The summed E-state index contributed by atoms with van der Waals surface area (Å²) in [5.74, 6) is -0.633. The van der Waals surface area contributed by atoms with Gasteiger partial charge in [-0.15, -0.1) is 0 Å². The van der Waals surface area contributed by atoms with E-state index in [4.69, 9.17) is 10.5 Å². The van der Waals surface area contributed by atoms with E-state index in [2.05, 4.69) is 15.5 Å². The number of anilines is 2. The Kier molecular flexibility index (Phi) is 3.65. The summed E-state index contributed by atoms with van der Waals surface area (Å²) in [5.41, 5.74) is 5.91. The molecule has 0 atom stereocenters. The van der Waals surface area contributed by atoms with E-state index < -0.39 is 11.7 Å². The van der Waals surface area contributed by atoms with Crippen LogP contribution in [0.15, 0.2) is 24.3 Å². The van der Waals surface area contributed by atoms with Gasteiger partial charge in [0.15, 0.2) is 11.6 Å². The number of hydrogen-bond acceptors (Lipinski definition) is 4. The lowest BCUT2D eigenvalue weighted by Gasteiger charge is -2.07. The Balaban J connectivity index is 2.11. The van der Waals surface area contributed by atoms with Crippen LogP contribution in [0, 0.1) is 5.82 Å². The van der Waals surface area contributed by atoms with Crippen molar-refractivity contribution in [2.45, 2.75) is 6.92 Å². The Labute approximate surface area is 108 Å². The Morgan fingerprint density at radius 1 is 1.53 bits per heavy atom. The van der Waals surface area contributed by atoms with Gasteiger partial charge < -0.3 is 15.8 Å². The first-order valence-corrected chi connectivity index (χ1v) is 5.64. The molecule has 19 heavy (non-hydrogen) atoms. The van der Waals surface area contributed by atoms with E-state index in [0.29, 0.717) is 12.3 Å². The Morgan fingerprint density at radius 2 is 2.32 bits per heavy atom. The van der Waals surface area contributed by atoms with Gasteiger partial charge in [0.05, 0.1) is 6.61 Å². The van der Waals surface area contributed by atoms with E-state index in [9.17, 15) is 9.18 Å². The number of ether oxygens (including phenoxy) is 1. The molecular formula is C12H13FN4O2. The fraction of sp³-hybridized carbons (Fsp3) is 0.167. The summed E-state index contributed by atoms with van der Waals surface area (Å²) in [6.07, 6.45) is 0. The molecule has 1 aromatic heterocycles. The lowest BCUT2D eigenvalue weighted by Crippen LogP contribution is -2.12. The molecular weight excluding hydrogens is 251 g/mol. The molecule has 7 heteroatoms. The Hall–Kier alpha value is -2.57. The molecule has 2 rings (SSSR count). The van der Waals surface area contributed by atoms with Crippen LogP contribution in [-0.2, 0) is 0 Å². The average Bonchev–Trinajstić information content (AvgIpc) is 2.80. The van der Waals surface area contributed by atoms with Gasteiger partial charge in [-0.1, -0.05) is 0 Å². The largest absolute Gasteiger partial charge is 0.491 e. The second-order valence-corrected chi connectivity index (χ2v) is 3.74. The standard InChI is InChI=1S/C12H13FN4O2/c1-2-19-10-4-3-7(5-8(10)13)15-12(18)9-6-11(14)17-16-9/h3-6H,2H2,1H3,(H,15,18)(H3,14,16,17). The highest BCUT2D eigenvalue weighted by molar-refractivity contribution is 6.03. The smallest absolute Gasteiger partial charge is 0.273 e. The number of nitrogen functional groups attached to an aromatic ring is 1. The van der Waals surface area contributed by atoms with Crippen molar-refractivity contribution in [3.8, 4) is 5.75 Å². The average molecular weight is 264 g/mol. The number of carbonyl (C=O) groups excluding carboxylic acids is 1. The number of nitrogens with two attached hydrogens (primary N) is 1. The molecule has 0 spiro atoms. The van der Waals surface area contributed by atoms with Crippen molar-refractivity contribution in [3.05, 3.63) is 35.8 Å². The number of aromatic nitrogens is 2. The predicted molar refractivity (Wildman–Crippen MR) is 68.5 cm³/mol. The number of amides is 1. The number of hydrogen-bond donors (Lipinski definition) is 3. The van der Waals surface area contributed by atoms with Crippen molar-refractivity contribution in [1.29, 1.82) is 0 Å². The normalized spacial score (nSPS) is 10.2. The minimum atomic E-state index is -0.538. The molecule has 0 aliphatic carbocycles. The highest BCUT2D eigenvalue weighted by atomic mass is 19.1. The topological polar surface area (TPSA) is 93.0 Å². The lowest BCUT2D eigenvalue weighted by molar-refractivity contribution is 0.102. The van der Waals surface area contributed by atoms with Crippen molar-refractivity contribution in [2.24, 2.45) is 0 Å². The summed E-state index contributed by atoms with van der Waals surface area (Å²) < 4.78 is 18.6. The van der Waals surface area contributed by atoms with E-state index >= 15 is 0 Å². The van der Waals surface area contributed by atoms with Crippen LogP contribution in [0.3, 0.4) is 0 Å². The van der Waals surface area contributed by atoms with E-state index in [1.54, 1.807) is 13.0 Å². The Morgan fingerprint density at radius 3 is 2.89 bits per heavy atom. The third kappa shape index (κ3) is 3.01. The van der Waals surface area contributed by atoms with Crippen LogP contribution < -0.4 is 15.8 Å². The van der Waals surface area contributed by atoms with Gasteiger partial charge in [0.1, 0.15) is 11.5 Å². The van der Waals surface area contributed by atoms with Crippen LogP contribution in [-0.4, -0.2) is 22.7 Å². The van der Waals surface area contributed by atoms with Gasteiger partial charge in [0.25, 0.3) is 5.91 Å². The maximum Gasteiger partial charge on any atom is 0.273 e. The van der Waals surface area contributed by atoms with E-state index in [-0.39, 0.29) is 17.3 Å². The van der Waals surface area contributed by atoms with Crippen molar-refractivity contribution in [2.75, 3.05) is 17.7 Å². The first kappa shape index (κ1) is 12.9. The summed E-state index contributed by atoms with van der Waals surface area (Å²) in [5, 5.41) is 8.62. The number of nitrogens with zero attached hydrogens (tertiary/aromatic N) is 1. The zero-order valence-corrected chi connectivity index (χ0v) is 10.2. The van der Waals surface area contributed by atoms with Gasteiger partial charge >= 0.3 is 0 Å². The summed E-state index contributed by atoms with van der Waals surface area (Å²) in [6, 6.07) is 5.57. The molecule has 1 aromatic carbocycles. The molecule has 0 aliphatic heterocycles. The molecule has 1 amide bonds. The van der Waals surface area contributed by atoms with Crippen LogP contribution >= 0.6 is 0 Å². The molecule has 0 unspecified atom stereocenters. The van der Waals surface area contributed by atoms with Gasteiger partial charge in [0.2, 0.25) is 0 Å². The van der Waals surface area contributed by atoms with E-state index in [0.717, 1.165) is 0 Å². The molecule has 0 saturated heterocycles. The number of carbonyl (C=O) groups is 1. The first-order valence-electron chi connectivity index (χ1n) is 5.64. The SMILES string of the molecule is CCOc1ccc(NC(=O)c2cc(N)n[nH]2)cc1F. The highest BCUT2D eigenvalue weighted by Gasteiger charge is 2.11. The number of aromatic amines is 1. The van der Waals surface area contributed by atoms with E-state index in [1.165, 1.54) is 18.2 Å². The van der Waals surface area contributed by atoms with Gasteiger partial charge in [-0.05, 0) is 19.1 Å². The molecule has 4 N–H and O–H groups in total. The fourth-order valence-electron chi connectivity index (χ4n) is 1.50. The van der Waals surface area contributed by atoms with Crippen LogP contribution in [0.2, 0.25) is 0 Å². The summed E-state index contributed by atoms with van der Waals surface area (Å²) in [6.45, 7) is 2.13. The number of H-pyrrole nitrogens is 1. The number of benzene rings is 1. The highest BCUT2D eigenvalue weighted by Crippen LogP contribution is 2.21. The van der Waals surface area contributed by atoms with Crippen LogP contribution in [0.5, 0.6) is 5.75 Å². The summed E-state index contributed by atoms with van der Waals surface area (Å²) in [4.78, 5) is 11.8. The molecule has 2 aromatic rings. The van der Waals surface area contributed by atoms with Crippen molar-refractivity contribution in [1.82, 2.24) is 10.2 Å². The van der Waals surface area contributed by atoms with Gasteiger partial charge in [-0.2, -0.15) is 5.10 Å². The molecule has 0 saturated carbocycles. The molecule has 0 bridgehead atoms. The second-order valence-electron chi connectivity index (χ2n) is 3.74. The minimum Gasteiger partial charge on any atom is -0.491 e. The van der Waals surface area contributed by atoms with E-state index in [1.807, 2.05) is 0 Å². The van der Waals surface area contributed by atoms with Crippen molar-refractivity contribution >= 4 is 17.4 Å². The zero-order chi connectivity index (χ0) is 13.8. The molecule has 100 valence electrons. The van der Waals surface area contributed by atoms with Crippen molar-refractivity contribution in [3.63, 3.8) is 0 Å². The monoisotopic (exact) mass is 264 g/mol.